The van der Waals surface area contributed by atoms with Crippen LogP contribution in [0.25, 0.3) is 0 Å². The van der Waals surface area contributed by atoms with E-state index in [9.17, 15) is 0 Å². The van der Waals surface area contributed by atoms with Crippen molar-refractivity contribution in [2.24, 2.45) is 10.9 Å². The van der Waals surface area contributed by atoms with Gasteiger partial charge in [-0.3, -0.25) is 9.89 Å². The highest BCUT2D eigenvalue weighted by Gasteiger charge is 2.40. The zero-order valence-corrected chi connectivity index (χ0v) is 21.8. The van der Waals surface area contributed by atoms with Crippen molar-refractivity contribution < 1.29 is 0 Å². The van der Waals surface area contributed by atoms with Crippen molar-refractivity contribution >= 4 is 41.7 Å². The van der Waals surface area contributed by atoms with Gasteiger partial charge in [-0.15, -0.1) is 24.0 Å². The summed E-state index contributed by atoms with van der Waals surface area (Å²) in [6.45, 7) is 11.0. The van der Waals surface area contributed by atoms with E-state index < -0.39 is 0 Å². The highest BCUT2D eigenvalue weighted by Crippen LogP contribution is 2.37. The van der Waals surface area contributed by atoms with Gasteiger partial charge in [-0.25, -0.2) is 4.98 Å². The second-order valence-electron chi connectivity index (χ2n) is 8.99. The number of halogens is 1. The maximum atomic E-state index is 5.27. The first-order chi connectivity index (χ1) is 14.2. The molecule has 2 atom stereocenters. The first-order valence-electron chi connectivity index (χ1n) is 11.6. The van der Waals surface area contributed by atoms with Gasteiger partial charge in [-0.1, -0.05) is 19.8 Å². The molecule has 1 saturated carbocycles. The van der Waals surface area contributed by atoms with Gasteiger partial charge in [0.15, 0.2) is 5.96 Å². The van der Waals surface area contributed by atoms with Crippen molar-refractivity contribution in [2.75, 3.05) is 50.8 Å². The van der Waals surface area contributed by atoms with E-state index in [-0.39, 0.29) is 24.0 Å². The van der Waals surface area contributed by atoms with E-state index in [1.165, 1.54) is 56.7 Å². The van der Waals surface area contributed by atoms with E-state index in [0.717, 1.165) is 32.1 Å². The normalized spacial score (nSPS) is 27.7. The first-order valence-corrected chi connectivity index (χ1v) is 12.7. The maximum absolute atomic E-state index is 5.27. The summed E-state index contributed by atoms with van der Waals surface area (Å²) in [6.07, 6.45) is 12.5. The zero-order valence-electron chi connectivity index (χ0n) is 18.6. The Bertz CT molecular complexity index is 655. The molecule has 30 heavy (non-hydrogen) atoms. The quantitative estimate of drug-likeness (QED) is 0.347. The summed E-state index contributed by atoms with van der Waals surface area (Å²) in [5.41, 5.74) is 0.300. The van der Waals surface area contributed by atoms with Crippen molar-refractivity contribution in [3.63, 3.8) is 0 Å². The molecule has 3 aliphatic rings. The van der Waals surface area contributed by atoms with E-state index >= 15 is 0 Å². The molecule has 0 amide bonds. The third-order valence-electron chi connectivity index (χ3n) is 7.20. The minimum Gasteiger partial charge on any atom is -0.357 e. The summed E-state index contributed by atoms with van der Waals surface area (Å²) in [4.78, 5) is 14.8. The van der Waals surface area contributed by atoms with Gasteiger partial charge in [0.2, 0.25) is 0 Å². The Balaban J connectivity index is 0.00000256. The number of likely N-dealkylation sites (tertiary alicyclic amines) is 1. The molecule has 6 nitrogen and oxygen atoms in total. The van der Waals surface area contributed by atoms with Crippen LogP contribution in [0, 0.1) is 5.92 Å². The van der Waals surface area contributed by atoms with Crippen molar-refractivity contribution in [1.82, 2.24) is 24.7 Å². The third-order valence-corrected chi connectivity index (χ3v) is 8.14. The molecule has 0 spiro atoms. The first kappa shape index (κ1) is 24.2. The molecular formula is C22H39IN6S. The van der Waals surface area contributed by atoms with E-state index in [2.05, 4.69) is 56.5 Å². The highest BCUT2D eigenvalue weighted by atomic mass is 127. The summed E-state index contributed by atoms with van der Waals surface area (Å²) >= 11 is 2.10. The van der Waals surface area contributed by atoms with Gasteiger partial charge in [0.05, 0.1) is 18.9 Å². The Hall–Kier alpha value is -0.480. The third kappa shape index (κ3) is 5.46. The van der Waals surface area contributed by atoms with E-state index in [1.54, 1.807) is 0 Å². The van der Waals surface area contributed by atoms with Crippen LogP contribution >= 0.6 is 35.7 Å². The van der Waals surface area contributed by atoms with Crippen LogP contribution in [0.5, 0.6) is 0 Å². The van der Waals surface area contributed by atoms with Crippen LogP contribution in [-0.2, 0) is 0 Å². The lowest BCUT2D eigenvalue weighted by molar-refractivity contribution is 0.111. The highest BCUT2D eigenvalue weighted by molar-refractivity contribution is 14.0. The fraction of sp³-hybridized carbons (Fsp3) is 0.818. The second kappa shape index (κ2) is 11.4. The molecule has 1 aliphatic carbocycles. The lowest BCUT2D eigenvalue weighted by Crippen LogP contribution is -2.54. The van der Waals surface area contributed by atoms with Crippen LogP contribution < -0.4 is 5.32 Å². The predicted molar refractivity (Wildman–Crippen MR) is 138 cm³/mol. The largest absolute Gasteiger partial charge is 0.357 e. The van der Waals surface area contributed by atoms with Crippen LogP contribution in [0.3, 0.4) is 0 Å². The molecule has 8 heteroatoms. The number of rotatable bonds is 5. The Morgan fingerprint density at radius 3 is 2.67 bits per heavy atom. The molecule has 0 radical (unpaired) electrons. The van der Waals surface area contributed by atoms with Gasteiger partial charge >= 0.3 is 0 Å². The monoisotopic (exact) mass is 546 g/mol. The summed E-state index contributed by atoms with van der Waals surface area (Å²) in [5, 5.41) is 3.61. The molecule has 1 aromatic rings. The van der Waals surface area contributed by atoms with Crippen LogP contribution in [0.1, 0.15) is 52.0 Å². The van der Waals surface area contributed by atoms with Gasteiger partial charge in [0.1, 0.15) is 0 Å². The molecule has 2 aliphatic heterocycles. The lowest BCUT2D eigenvalue weighted by atomic mass is 9.93. The van der Waals surface area contributed by atoms with E-state index in [0.29, 0.717) is 17.5 Å². The van der Waals surface area contributed by atoms with Crippen molar-refractivity contribution in [3.05, 3.63) is 18.7 Å². The van der Waals surface area contributed by atoms with Crippen molar-refractivity contribution in [1.29, 1.82) is 0 Å². The Labute approximate surface area is 203 Å². The number of hydrogen-bond donors (Lipinski definition) is 1. The number of thioether (sulfide) groups is 1. The number of guanidine groups is 1. The molecule has 4 rings (SSSR count). The van der Waals surface area contributed by atoms with Gasteiger partial charge in [0, 0.05) is 62.2 Å². The number of aliphatic imine (C=N–C) groups is 1. The molecule has 1 N–H and O–H groups in total. The van der Waals surface area contributed by atoms with Gasteiger partial charge < -0.3 is 14.8 Å². The SMILES string of the molecule is CCNC(=NCC1(N2CCSCC2)CCCC1)N1CCC(C)C(n2ccnc2)C1.I. The minimum atomic E-state index is 0. The topological polar surface area (TPSA) is 48.7 Å². The van der Waals surface area contributed by atoms with Crippen LogP contribution in [0.2, 0.25) is 0 Å². The zero-order chi connectivity index (χ0) is 20.1. The van der Waals surface area contributed by atoms with Crippen LogP contribution in [-0.4, -0.2) is 81.6 Å². The number of nitrogens with zero attached hydrogens (tertiary/aromatic N) is 5. The average Bonchev–Trinajstić information content (AvgIpc) is 3.45. The summed E-state index contributed by atoms with van der Waals surface area (Å²) in [7, 11) is 0. The molecule has 2 unspecified atom stereocenters. The Morgan fingerprint density at radius 1 is 1.23 bits per heavy atom. The van der Waals surface area contributed by atoms with E-state index in [1.807, 2.05) is 12.5 Å². The maximum Gasteiger partial charge on any atom is 0.194 e. The fourth-order valence-electron chi connectivity index (χ4n) is 5.39. The van der Waals surface area contributed by atoms with Gasteiger partial charge in [0.25, 0.3) is 0 Å². The van der Waals surface area contributed by atoms with Crippen molar-refractivity contribution in [3.8, 4) is 0 Å². The number of piperidine rings is 1. The number of nitrogens with one attached hydrogen (secondary N) is 1. The predicted octanol–water partition coefficient (Wildman–Crippen LogP) is 3.71. The smallest absolute Gasteiger partial charge is 0.194 e. The molecule has 1 aromatic heterocycles. The minimum absolute atomic E-state index is 0. The molecule has 170 valence electrons. The summed E-state index contributed by atoms with van der Waals surface area (Å²) < 4.78 is 2.28. The lowest BCUT2D eigenvalue weighted by Gasteiger charge is -2.43. The molecule has 3 fully saturated rings. The fourth-order valence-corrected chi connectivity index (χ4v) is 6.29. The number of aromatic nitrogens is 2. The Kier molecular flexibility index (Phi) is 9.19. The molecule has 0 bridgehead atoms. The summed E-state index contributed by atoms with van der Waals surface area (Å²) in [6, 6.07) is 0.467. The average molecular weight is 547 g/mol. The second-order valence-corrected chi connectivity index (χ2v) is 10.2. The molecule has 2 saturated heterocycles. The van der Waals surface area contributed by atoms with Gasteiger partial charge in [-0.05, 0) is 32.1 Å². The number of hydrogen-bond acceptors (Lipinski definition) is 4. The van der Waals surface area contributed by atoms with Gasteiger partial charge in [-0.2, -0.15) is 11.8 Å². The standard InChI is InChI=1S/C22H38N6S.HI/c1-3-24-21(26-10-6-19(2)20(16-26)27-11-9-23-18-27)25-17-22(7-4-5-8-22)28-12-14-29-15-13-28;/h9,11,18-20H,3-8,10,12-17H2,1-2H3,(H,24,25);1H. The summed E-state index contributed by atoms with van der Waals surface area (Å²) in [5.74, 6) is 4.34. The van der Waals surface area contributed by atoms with Crippen LogP contribution in [0.4, 0.5) is 0 Å². The van der Waals surface area contributed by atoms with Crippen LogP contribution in [0.15, 0.2) is 23.7 Å². The molecule has 0 aromatic carbocycles. The van der Waals surface area contributed by atoms with Crippen molar-refractivity contribution in [2.45, 2.75) is 57.5 Å². The van der Waals surface area contributed by atoms with E-state index in [4.69, 9.17) is 4.99 Å². The molecule has 3 heterocycles. The molecular weight excluding hydrogens is 507 g/mol. The Morgan fingerprint density at radius 2 is 2.00 bits per heavy atom. The number of imidazole rings is 1.